The third-order valence-corrected chi connectivity index (χ3v) is 2.87. The lowest BCUT2D eigenvalue weighted by Crippen LogP contribution is -1.91. The molecule has 0 fully saturated rings. The van der Waals surface area contributed by atoms with Gasteiger partial charge in [0.15, 0.2) is 0 Å². The van der Waals surface area contributed by atoms with E-state index in [0.29, 0.717) is 0 Å². The molecule has 1 unspecified atom stereocenters. The van der Waals surface area contributed by atoms with Crippen LogP contribution < -0.4 is 0 Å². The van der Waals surface area contributed by atoms with Crippen molar-refractivity contribution >= 4 is 20.9 Å². The summed E-state index contributed by atoms with van der Waals surface area (Å²) in [5.74, 6) is 0. The second-order valence-electron chi connectivity index (χ2n) is 3.04. The van der Waals surface area contributed by atoms with E-state index in [9.17, 15) is 4.57 Å². The molecule has 1 aromatic rings. The molecule has 1 aromatic carbocycles. The maximum atomic E-state index is 9.29. The van der Waals surface area contributed by atoms with E-state index in [2.05, 4.69) is 49.2 Å². The summed E-state index contributed by atoms with van der Waals surface area (Å²) in [6, 6.07) is 6.31. The third kappa shape index (κ3) is 5.61. The van der Waals surface area contributed by atoms with Gasteiger partial charge in [0.25, 0.3) is 0 Å². The fourth-order valence-electron chi connectivity index (χ4n) is 1.36. The van der Waals surface area contributed by atoms with Crippen LogP contribution in [0.25, 0.3) is 0 Å². The highest BCUT2D eigenvalue weighted by Crippen LogP contribution is 2.19. The molecule has 0 saturated heterocycles. The van der Waals surface area contributed by atoms with Crippen molar-refractivity contribution in [1.29, 1.82) is 0 Å². The average molecular weight is 261 g/mol. The van der Waals surface area contributed by atoms with E-state index in [-0.39, 0.29) is 0 Å². The highest BCUT2D eigenvalue weighted by Gasteiger charge is 2.02. The second-order valence-corrected chi connectivity index (χ2v) is 4.36. The normalized spacial score (nSPS) is 10.4. The number of thiol groups is 1. The molecule has 0 bridgehead atoms. The smallest absolute Gasteiger partial charge is 0.143 e. The molecule has 0 heterocycles. The Bertz CT molecular complexity index is 342. The van der Waals surface area contributed by atoms with Gasteiger partial charge >= 0.3 is 8.25 Å². The van der Waals surface area contributed by atoms with E-state index in [1.807, 2.05) is 0 Å². The molecule has 1 N–H and O–H groups in total. The first-order valence-corrected chi connectivity index (χ1v) is 6.64. The van der Waals surface area contributed by atoms with Crippen molar-refractivity contribution in [3.05, 3.63) is 29.3 Å². The van der Waals surface area contributed by atoms with Gasteiger partial charge in [-0.15, -0.1) is 22.0 Å². The Kier molecular flexibility index (Phi) is 8.49. The lowest BCUT2D eigenvalue weighted by Gasteiger charge is -2.07. The topological polar surface area (TPSA) is 46.5 Å². The Morgan fingerprint density at radius 1 is 1.38 bits per heavy atom. The van der Waals surface area contributed by atoms with Crippen molar-refractivity contribution < 1.29 is 14.0 Å². The molecule has 90 valence electrons. The minimum absolute atomic E-state index is 1.09. The molecule has 3 nitrogen and oxygen atoms in total. The Hall–Kier alpha value is -0.410. The number of hydrogen-bond acceptors (Lipinski definition) is 3. The van der Waals surface area contributed by atoms with Crippen molar-refractivity contribution in [3.8, 4) is 0 Å². The summed E-state index contributed by atoms with van der Waals surface area (Å²) in [5, 5.41) is 0. The van der Waals surface area contributed by atoms with Crippen molar-refractivity contribution in [1.82, 2.24) is 0 Å². The van der Waals surface area contributed by atoms with Crippen LogP contribution in [-0.2, 0) is 21.9 Å². The molecule has 0 saturated carbocycles. The summed E-state index contributed by atoms with van der Waals surface area (Å²) in [7, 11) is -1.18. The molecule has 1 atom stereocenters. The van der Waals surface area contributed by atoms with Gasteiger partial charge in [-0.1, -0.05) is 26.0 Å². The Morgan fingerprint density at radius 3 is 2.25 bits per heavy atom. The quantitative estimate of drug-likeness (QED) is 0.647. The fraction of sp³-hybridized carbons (Fsp3) is 0.455. The third-order valence-electron chi connectivity index (χ3n) is 2.14. The molecule has 0 aliphatic rings. The second kappa shape index (κ2) is 8.71. The van der Waals surface area contributed by atoms with E-state index >= 15 is 0 Å². The predicted octanol–water partition coefficient (Wildman–Crippen LogP) is 3.38. The van der Waals surface area contributed by atoms with E-state index in [1.54, 1.807) is 0 Å². The van der Waals surface area contributed by atoms with Crippen LogP contribution in [0.5, 0.6) is 0 Å². The van der Waals surface area contributed by atoms with Gasteiger partial charge < -0.3 is 0 Å². The van der Waals surface area contributed by atoms with E-state index in [4.69, 9.17) is 4.89 Å². The van der Waals surface area contributed by atoms with E-state index < -0.39 is 8.25 Å². The summed E-state index contributed by atoms with van der Waals surface area (Å²) in [6.45, 7) is 4.36. The molecule has 0 radical (unpaired) electrons. The first-order valence-electron chi connectivity index (χ1n) is 5.06. The van der Waals surface area contributed by atoms with Gasteiger partial charge in [0.05, 0.1) is 7.11 Å². The Labute approximate surface area is 103 Å². The Morgan fingerprint density at radius 2 is 1.94 bits per heavy atom. The SMILES string of the molecule is CCc1cccc(S)c1CC.CO[P+](=O)O. The summed E-state index contributed by atoms with van der Waals surface area (Å²) in [4.78, 5) is 8.78. The van der Waals surface area contributed by atoms with Crippen LogP contribution in [-0.4, -0.2) is 12.0 Å². The fourth-order valence-corrected chi connectivity index (χ4v) is 1.75. The van der Waals surface area contributed by atoms with Gasteiger partial charge in [-0.3, -0.25) is 0 Å². The zero-order valence-electron chi connectivity index (χ0n) is 9.80. The summed E-state index contributed by atoms with van der Waals surface area (Å²) >= 11 is 4.40. The largest absolute Gasteiger partial charge is 0.694 e. The minimum Gasteiger partial charge on any atom is -0.143 e. The molecule has 0 aliphatic carbocycles. The molecule has 5 heteroatoms. The maximum absolute atomic E-state index is 9.29. The van der Waals surface area contributed by atoms with E-state index in [1.165, 1.54) is 18.2 Å². The van der Waals surface area contributed by atoms with Gasteiger partial charge in [0.2, 0.25) is 0 Å². The van der Waals surface area contributed by atoms with Crippen LogP contribution in [0, 0.1) is 0 Å². The maximum Gasteiger partial charge on any atom is 0.694 e. The minimum atomic E-state index is -2.35. The highest BCUT2D eigenvalue weighted by molar-refractivity contribution is 7.80. The summed E-state index contributed by atoms with van der Waals surface area (Å²) in [5.41, 5.74) is 2.83. The van der Waals surface area contributed by atoms with Crippen LogP contribution in [0.3, 0.4) is 0 Å². The van der Waals surface area contributed by atoms with Gasteiger partial charge in [0, 0.05) is 9.46 Å². The Balaban J connectivity index is 0.000000385. The molecule has 1 rings (SSSR count). The zero-order chi connectivity index (χ0) is 12.6. The first kappa shape index (κ1) is 15.6. The molecule has 0 aliphatic heterocycles. The summed E-state index contributed by atoms with van der Waals surface area (Å²) < 4.78 is 13.1. The van der Waals surface area contributed by atoms with Crippen molar-refractivity contribution in [2.24, 2.45) is 0 Å². The predicted molar refractivity (Wildman–Crippen MR) is 69.3 cm³/mol. The van der Waals surface area contributed by atoms with Gasteiger partial charge in [-0.05, 0) is 30.0 Å². The van der Waals surface area contributed by atoms with Crippen LogP contribution >= 0.6 is 20.9 Å². The van der Waals surface area contributed by atoms with Crippen LogP contribution in [0.4, 0.5) is 0 Å². The number of rotatable bonds is 3. The van der Waals surface area contributed by atoms with Crippen molar-refractivity contribution in [2.45, 2.75) is 31.6 Å². The van der Waals surface area contributed by atoms with Crippen LogP contribution in [0.1, 0.15) is 25.0 Å². The first-order chi connectivity index (χ1) is 7.56. The molecule has 0 spiro atoms. The van der Waals surface area contributed by atoms with Crippen molar-refractivity contribution in [3.63, 3.8) is 0 Å². The number of benzene rings is 1. The standard InChI is InChI=1S/C10H14S.CH3O3P/c1-3-8-6-5-7-10(11)9(8)4-2;1-4-5(2)3/h5-7,11H,3-4H2,1-2H3;1H3/p+1. The van der Waals surface area contributed by atoms with Crippen LogP contribution in [0.15, 0.2) is 23.1 Å². The van der Waals surface area contributed by atoms with Crippen molar-refractivity contribution in [2.75, 3.05) is 7.11 Å². The highest BCUT2D eigenvalue weighted by atomic mass is 32.1. The molecule has 0 aromatic heterocycles. The molecular weight excluding hydrogens is 243 g/mol. The lowest BCUT2D eigenvalue weighted by molar-refractivity contribution is 0.343. The average Bonchev–Trinajstić information content (AvgIpc) is 2.29. The molecule has 16 heavy (non-hydrogen) atoms. The van der Waals surface area contributed by atoms with Crippen LogP contribution in [0.2, 0.25) is 0 Å². The van der Waals surface area contributed by atoms with Gasteiger partial charge in [-0.2, -0.15) is 0 Å². The number of hydrogen-bond donors (Lipinski definition) is 2. The molecular formula is C11H18O3PS+. The molecule has 0 amide bonds. The monoisotopic (exact) mass is 261 g/mol. The van der Waals surface area contributed by atoms with Gasteiger partial charge in [0.1, 0.15) is 0 Å². The summed E-state index contributed by atoms with van der Waals surface area (Å²) in [6.07, 6.45) is 2.19. The lowest BCUT2D eigenvalue weighted by atomic mass is 10.0. The van der Waals surface area contributed by atoms with E-state index in [0.717, 1.165) is 17.7 Å². The van der Waals surface area contributed by atoms with Gasteiger partial charge in [-0.25, -0.2) is 0 Å². The number of aryl methyl sites for hydroxylation is 1. The zero-order valence-corrected chi connectivity index (χ0v) is 11.6.